The Balaban J connectivity index is 2.02. The van der Waals surface area contributed by atoms with Crippen molar-refractivity contribution in [2.75, 3.05) is 0 Å². The molecule has 0 spiro atoms. The summed E-state index contributed by atoms with van der Waals surface area (Å²) in [6.07, 6.45) is 3.55. The number of ether oxygens (including phenoxy) is 1. The number of esters is 1. The Morgan fingerprint density at radius 2 is 2.00 bits per heavy atom. The lowest BCUT2D eigenvalue weighted by Gasteiger charge is -2.15. The second kappa shape index (κ2) is 9.26. The average Bonchev–Trinajstić information content (AvgIpc) is 2.98. The van der Waals surface area contributed by atoms with Crippen LogP contribution in [-0.4, -0.2) is 20.5 Å². The third-order valence-electron chi connectivity index (χ3n) is 4.10. The number of carbonyl (C=O) groups is 1. The maximum absolute atomic E-state index is 11.4. The predicted molar refractivity (Wildman–Crippen MR) is 111 cm³/mol. The number of hydrogen-bond donors (Lipinski definition) is 0. The Morgan fingerprint density at radius 3 is 2.64 bits per heavy atom. The minimum Gasteiger partial charge on any atom is -0.458 e. The maximum atomic E-state index is 11.4. The van der Waals surface area contributed by atoms with Crippen LogP contribution in [0.3, 0.4) is 0 Å². The van der Waals surface area contributed by atoms with Crippen LogP contribution in [0, 0.1) is 0 Å². The summed E-state index contributed by atoms with van der Waals surface area (Å²) < 4.78 is 7.39. The highest BCUT2D eigenvalue weighted by molar-refractivity contribution is 7.99. The van der Waals surface area contributed by atoms with Gasteiger partial charge in [-0.15, -0.1) is 0 Å². The molecule has 0 radical (unpaired) electrons. The first kappa shape index (κ1) is 20.4. The van der Waals surface area contributed by atoms with E-state index in [1.807, 2.05) is 36.4 Å². The number of benzene rings is 1. The van der Waals surface area contributed by atoms with E-state index in [2.05, 4.69) is 23.4 Å². The summed E-state index contributed by atoms with van der Waals surface area (Å²) in [5.74, 6) is 0.635. The molecule has 0 atom stereocenters. The number of pyridine rings is 1. The van der Waals surface area contributed by atoms with Crippen LogP contribution >= 0.6 is 23.4 Å². The fourth-order valence-electron chi connectivity index (χ4n) is 2.89. The van der Waals surface area contributed by atoms with Gasteiger partial charge in [-0.1, -0.05) is 43.3 Å². The first-order valence-corrected chi connectivity index (χ1v) is 10.2. The number of imidazole rings is 1. The lowest BCUT2D eigenvalue weighted by atomic mass is 10.1. The van der Waals surface area contributed by atoms with Crippen LogP contribution in [0.5, 0.6) is 0 Å². The van der Waals surface area contributed by atoms with E-state index in [4.69, 9.17) is 21.3 Å². The van der Waals surface area contributed by atoms with Crippen molar-refractivity contribution < 1.29 is 9.53 Å². The molecule has 0 aliphatic heterocycles. The largest absolute Gasteiger partial charge is 0.458 e. The molecule has 5 nitrogen and oxygen atoms in total. The Morgan fingerprint density at radius 1 is 1.25 bits per heavy atom. The van der Waals surface area contributed by atoms with Gasteiger partial charge in [0.05, 0.1) is 5.69 Å². The highest BCUT2D eigenvalue weighted by atomic mass is 35.5. The van der Waals surface area contributed by atoms with Crippen LogP contribution in [0.4, 0.5) is 0 Å². The molecule has 3 aromatic rings. The molecule has 3 rings (SSSR count). The van der Waals surface area contributed by atoms with Crippen molar-refractivity contribution in [3.8, 4) is 0 Å². The first-order valence-electron chi connectivity index (χ1n) is 8.99. The van der Waals surface area contributed by atoms with Crippen molar-refractivity contribution in [1.29, 1.82) is 0 Å². The molecular formula is C21H22ClN3O2S. The zero-order valence-electron chi connectivity index (χ0n) is 16.1. The summed E-state index contributed by atoms with van der Waals surface area (Å²) in [4.78, 5) is 21.3. The number of carbonyl (C=O) groups excluding carboxylic acids is 1. The van der Waals surface area contributed by atoms with E-state index in [1.54, 1.807) is 24.2 Å². The van der Waals surface area contributed by atoms with E-state index in [-0.39, 0.29) is 18.5 Å². The van der Waals surface area contributed by atoms with Crippen molar-refractivity contribution in [2.24, 2.45) is 0 Å². The normalized spacial score (nSPS) is 11.0. The lowest BCUT2D eigenvalue weighted by molar-refractivity contribution is -0.142. The number of rotatable bonds is 7. The average molecular weight is 416 g/mol. The molecule has 0 aliphatic rings. The number of halogens is 1. The van der Waals surface area contributed by atoms with E-state index in [9.17, 15) is 4.79 Å². The van der Waals surface area contributed by atoms with Gasteiger partial charge in [-0.25, -0.2) is 4.98 Å². The van der Waals surface area contributed by atoms with E-state index in [1.165, 1.54) is 6.92 Å². The molecule has 0 aliphatic carbocycles. The summed E-state index contributed by atoms with van der Waals surface area (Å²) in [5.41, 5.74) is 2.21. The molecule has 0 fully saturated rings. The summed E-state index contributed by atoms with van der Waals surface area (Å²) in [6, 6.07) is 11.7. The second-order valence-electron chi connectivity index (χ2n) is 6.65. The minimum absolute atomic E-state index is 0.135. The monoisotopic (exact) mass is 415 g/mol. The second-order valence-corrected chi connectivity index (χ2v) is 8.15. The van der Waals surface area contributed by atoms with Gasteiger partial charge in [-0.2, -0.15) is 0 Å². The van der Waals surface area contributed by atoms with Crippen LogP contribution in [0.25, 0.3) is 0 Å². The maximum Gasteiger partial charge on any atom is 0.303 e. The van der Waals surface area contributed by atoms with Crippen LogP contribution < -0.4 is 0 Å². The molecule has 7 heteroatoms. The third kappa shape index (κ3) is 5.14. The van der Waals surface area contributed by atoms with Gasteiger partial charge in [0, 0.05) is 35.8 Å². The molecule has 1 aromatic carbocycles. The van der Waals surface area contributed by atoms with Crippen LogP contribution in [-0.2, 0) is 22.7 Å². The van der Waals surface area contributed by atoms with Crippen LogP contribution in [0.2, 0.25) is 5.02 Å². The Hall–Kier alpha value is -2.31. The molecule has 0 bridgehead atoms. The molecule has 0 saturated carbocycles. The Labute approximate surface area is 174 Å². The standard InChI is InChI=1S/C21H22ClN3O2S/c1-14(2)20-21(28-18-6-4-5-17(22)11-18)24-19(13-27-15(3)26)25(20)12-16-7-9-23-10-8-16/h4-11,14H,12-13H2,1-3H3. The van der Waals surface area contributed by atoms with E-state index < -0.39 is 0 Å². The topological polar surface area (TPSA) is 57.0 Å². The zero-order valence-corrected chi connectivity index (χ0v) is 17.6. The molecule has 146 valence electrons. The summed E-state index contributed by atoms with van der Waals surface area (Å²) in [7, 11) is 0. The van der Waals surface area contributed by atoms with Gasteiger partial charge in [0.25, 0.3) is 0 Å². The summed E-state index contributed by atoms with van der Waals surface area (Å²) in [6.45, 7) is 6.45. The molecule has 0 saturated heterocycles. The third-order valence-corrected chi connectivity index (χ3v) is 5.32. The Bertz CT molecular complexity index is 958. The van der Waals surface area contributed by atoms with Crippen molar-refractivity contribution in [2.45, 2.75) is 49.8 Å². The van der Waals surface area contributed by atoms with Crippen molar-refractivity contribution in [3.63, 3.8) is 0 Å². The SMILES string of the molecule is CC(=O)OCc1nc(Sc2cccc(Cl)c2)c(C(C)C)n1Cc1ccncc1. The smallest absolute Gasteiger partial charge is 0.303 e. The lowest BCUT2D eigenvalue weighted by Crippen LogP contribution is -2.12. The highest BCUT2D eigenvalue weighted by Crippen LogP contribution is 2.35. The van der Waals surface area contributed by atoms with E-state index in [0.29, 0.717) is 11.6 Å². The first-order chi connectivity index (χ1) is 13.4. The van der Waals surface area contributed by atoms with Crippen molar-refractivity contribution in [3.05, 3.63) is 70.9 Å². The molecule has 0 amide bonds. The van der Waals surface area contributed by atoms with Crippen LogP contribution in [0.15, 0.2) is 58.7 Å². The number of aromatic nitrogens is 3. The summed E-state index contributed by atoms with van der Waals surface area (Å²) in [5, 5.41) is 1.58. The molecular weight excluding hydrogens is 394 g/mol. The predicted octanol–water partition coefficient (Wildman–Crippen LogP) is 5.32. The van der Waals surface area contributed by atoms with Crippen molar-refractivity contribution in [1.82, 2.24) is 14.5 Å². The molecule has 0 N–H and O–H groups in total. The Kier molecular flexibility index (Phi) is 6.75. The van der Waals surface area contributed by atoms with Gasteiger partial charge >= 0.3 is 5.97 Å². The minimum atomic E-state index is -0.325. The van der Waals surface area contributed by atoms with Gasteiger partial charge < -0.3 is 9.30 Å². The van der Waals surface area contributed by atoms with Crippen LogP contribution in [0.1, 0.15) is 43.8 Å². The van der Waals surface area contributed by atoms with Gasteiger partial charge in [-0.05, 0) is 41.8 Å². The van der Waals surface area contributed by atoms with Gasteiger partial charge in [-0.3, -0.25) is 9.78 Å². The zero-order chi connectivity index (χ0) is 20.1. The molecule has 2 heterocycles. The highest BCUT2D eigenvalue weighted by Gasteiger charge is 2.21. The number of hydrogen-bond acceptors (Lipinski definition) is 5. The van der Waals surface area contributed by atoms with Crippen molar-refractivity contribution >= 4 is 29.3 Å². The molecule has 2 aromatic heterocycles. The van der Waals surface area contributed by atoms with E-state index in [0.717, 1.165) is 27.0 Å². The van der Waals surface area contributed by atoms with Gasteiger partial charge in [0.2, 0.25) is 0 Å². The molecule has 0 unspecified atom stereocenters. The summed E-state index contributed by atoms with van der Waals surface area (Å²) >= 11 is 7.71. The fraction of sp³-hybridized carbons (Fsp3) is 0.286. The molecule has 28 heavy (non-hydrogen) atoms. The van der Waals surface area contributed by atoms with Gasteiger partial charge in [0.1, 0.15) is 17.5 Å². The fourth-order valence-corrected chi connectivity index (χ4v) is 4.30. The van der Waals surface area contributed by atoms with Gasteiger partial charge in [0.15, 0.2) is 0 Å². The number of nitrogens with zero attached hydrogens (tertiary/aromatic N) is 3. The van der Waals surface area contributed by atoms with E-state index >= 15 is 0 Å². The quantitative estimate of drug-likeness (QED) is 0.489.